The van der Waals surface area contributed by atoms with Crippen molar-refractivity contribution in [2.75, 3.05) is 31.2 Å². The van der Waals surface area contributed by atoms with E-state index in [2.05, 4.69) is 4.98 Å². The van der Waals surface area contributed by atoms with E-state index >= 15 is 0 Å². The molecule has 1 fully saturated rings. The van der Waals surface area contributed by atoms with E-state index in [1.807, 2.05) is 4.90 Å². The molecule has 0 radical (unpaired) electrons. The number of sulfone groups is 1. The van der Waals surface area contributed by atoms with Crippen molar-refractivity contribution >= 4 is 38.0 Å². The Balaban J connectivity index is 1.97. The van der Waals surface area contributed by atoms with Crippen LogP contribution >= 0.6 is 11.6 Å². The SMILES string of the molecule is Cc1ccc(S(=O)(=O)c2cnc3cc(Cl)ccc3c2N2CCOCC2)cc1F. The van der Waals surface area contributed by atoms with Crippen molar-refractivity contribution in [3.05, 3.63) is 59.0 Å². The molecule has 1 aliphatic rings. The molecule has 8 heteroatoms. The van der Waals surface area contributed by atoms with Crippen LogP contribution in [0.15, 0.2) is 52.4 Å². The molecule has 28 heavy (non-hydrogen) atoms. The third kappa shape index (κ3) is 3.34. The highest BCUT2D eigenvalue weighted by molar-refractivity contribution is 7.91. The third-order valence-electron chi connectivity index (χ3n) is 4.84. The Morgan fingerprint density at radius 3 is 2.61 bits per heavy atom. The lowest BCUT2D eigenvalue weighted by Gasteiger charge is -2.31. The molecule has 5 nitrogen and oxygen atoms in total. The second kappa shape index (κ2) is 7.31. The normalized spacial score (nSPS) is 15.2. The minimum Gasteiger partial charge on any atom is -0.378 e. The molecule has 4 rings (SSSR count). The van der Waals surface area contributed by atoms with Gasteiger partial charge in [0.1, 0.15) is 10.7 Å². The number of halogens is 2. The number of ether oxygens (including phenoxy) is 1. The van der Waals surface area contributed by atoms with Gasteiger partial charge < -0.3 is 9.64 Å². The maximum absolute atomic E-state index is 14.1. The Bertz CT molecular complexity index is 1160. The zero-order chi connectivity index (χ0) is 19.9. The number of hydrogen-bond acceptors (Lipinski definition) is 5. The summed E-state index contributed by atoms with van der Waals surface area (Å²) in [6, 6.07) is 9.11. The number of nitrogens with zero attached hydrogens (tertiary/aromatic N) is 2. The minimum atomic E-state index is -3.98. The van der Waals surface area contributed by atoms with Gasteiger partial charge in [-0.15, -0.1) is 0 Å². The van der Waals surface area contributed by atoms with Crippen LogP contribution < -0.4 is 4.90 Å². The van der Waals surface area contributed by atoms with E-state index in [4.69, 9.17) is 16.3 Å². The summed E-state index contributed by atoms with van der Waals surface area (Å²) in [5, 5.41) is 1.20. The average molecular weight is 421 g/mol. The number of aromatic nitrogens is 1. The largest absolute Gasteiger partial charge is 0.378 e. The van der Waals surface area contributed by atoms with Crippen LogP contribution in [0.3, 0.4) is 0 Å². The minimum absolute atomic E-state index is 0.0486. The molecule has 0 spiro atoms. The van der Waals surface area contributed by atoms with Gasteiger partial charge in [-0.05, 0) is 42.8 Å². The summed E-state index contributed by atoms with van der Waals surface area (Å²) in [6.07, 6.45) is 1.33. The lowest BCUT2D eigenvalue weighted by Crippen LogP contribution is -2.37. The third-order valence-corrected chi connectivity index (χ3v) is 6.83. The van der Waals surface area contributed by atoms with E-state index in [0.717, 1.165) is 6.07 Å². The Morgan fingerprint density at radius 1 is 1.14 bits per heavy atom. The maximum Gasteiger partial charge on any atom is 0.210 e. The van der Waals surface area contributed by atoms with Gasteiger partial charge in [-0.1, -0.05) is 17.7 Å². The van der Waals surface area contributed by atoms with Crippen LogP contribution in [0.5, 0.6) is 0 Å². The molecule has 3 aromatic rings. The fraction of sp³-hybridized carbons (Fsp3) is 0.250. The summed E-state index contributed by atoms with van der Waals surface area (Å²) in [7, 11) is -3.98. The van der Waals surface area contributed by atoms with Crippen LogP contribution in [0.25, 0.3) is 10.9 Å². The van der Waals surface area contributed by atoms with E-state index in [9.17, 15) is 12.8 Å². The molecule has 0 atom stereocenters. The van der Waals surface area contributed by atoms with Gasteiger partial charge in [0.15, 0.2) is 0 Å². The second-order valence-corrected chi connectivity index (χ2v) is 9.00. The van der Waals surface area contributed by atoms with Gasteiger partial charge in [0, 0.05) is 29.7 Å². The van der Waals surface area contributed by atoms with Gasteiger partial charge >= 0.3 is 0 Å². The molecular weight excluding hydrogens is 403 g/mol. The van der Waals surface area contributed by atoms with Crippen LogP contribution in [0.2, 0.25) is 5.02 Å². The number of morpholine rings is 1. The van der Waals surface area contributed by atoms with Gasteiger partial charge in [-0.2, -0.15) is 0 Å². The van der Waals surface area contributed by atoms with E-state index in [0.29, 0.717) is 53.5 Å². The lowest BCUT2D eigenvalue weighted by atomic mass is 10.1. The molecule has 0 aliphatic carbocycles. The first-order chi connectivity index (χ1) is 13.4. The van der Waals surface area contributed by atoms with Crippen molar-refractivity contribution in [2.24, 2.45) is 0 Å². The van der Waals surface area contributed by atoms with E-state index < -0.39 is 15.7 Å². The van der Waals surface area contributed by atoms with Gasteiger partial charge in [-0.3, -0.25) is 4.98 Å². The van der Waals surface area contributed by atoms with Crippen LogP contribution in [0.4, 0.5) is 10.1 Å². The second-order valence-electron chi connectivity index (χ2n) is 6.65. The van der Waals surface area contributed by atoms with Crippen molar-refractivity contribution in [3.8, 4) is 0 Å². The number of fused-ring (bicyclic) bond motifs is 1. The van der Waals surface area contributed by atoms with E-state index in [1.165, 1.54) is 18.3 Å². The molecule has 1 saturated heterocycles. The highest BCUT2D eigenvalue weighted by Crippen LogP contribution is 2.37. The van der Waals surface area contributed by atoms with Gasteiger partial charge in [0.2, 0.25) is 9.84 Å². The van der Waals surface area contributed by atoms with Gasteiger partial charge in [-0.25, -0.2) is 12.8 Å². The molecule has 2 aromatic carbocycles. The Labute approximate surface area is 167 Å². The van der Waals surface area contributed by atoms with E-state index in [1.54, 1.807) is 25.1 Å². The highest BCUT2D eigenvalue weighted by atomic mass is 35.5. The van der Waals surface area contributed by atoms with Crippen LogP contribution in [0.1, 0.15) is 5.56 Å². The Hall–Kier alpha value is -2.22. The number of pyridine rings is 1. The fourth-order valence-corrected chi connectivity index (χ4v) is 4.92. The number of rotatable bonds is 3. The summed E-state index contributed by atoms with van der Waals surface area (Å²) in [5.74, 6) is -0.561. The maximum atomic E-state index is 14.1. The fourth-order valence-electron chi connectivity index (χ4n) is 3.31. The Morgan fingerprint density at radius 2 is 1.89 bits per heavy atom. The summed E-state index contributed by atoms with van der Waals surface area (Å²) in [5.41, 5.74) is 1.53. The molecule has 0 bridgehead atoms. The first-order valence-electron chi connectivity index (χ1n) is 8.80. The van der Waals surface area contributed by atoms with Crippen LogP contribution in [-0.4, -0.2) is 39.7 Å². The van der Waals surface area contributed by atoms with Crippen LogP contribution in [-0.2, 0) is 14.6 Å². The predicted octanol–water partition coefficient (Wildman–Crippen LogP) is 4.01. The first-order valence-corrected chi connectivity index (χ1v) is 10.7. The summed E-state index contributed by atoms with van der Waals surface area (Å²) in [6.45, 7) is 3.68. The van der Waals surface area contributed by atoms with Crippen molar-refractivity contribution < 1.29 is 17.5 Å². The zero-order valence-corrected chi connectivity index (χ0v) is 16.7. The molecule has 0 N–H and O–H groups in total. The summed E-state index contributed by atoms with van der Waals surface area (Å²) in [4.78, 5) is 6.24. The monoisotopic (exact) mass is 420 g/mol. The zero-order valence-electron chi connectivity index (χ0n) is 15.2. The molecular formula is C20H18ClFN2O3S. The highest BCUT2D eigenvalue weighted by Gasteiger charge is 2.28. The van der Waals surface area contributed by atoms with Crippen molar-refractivity contribution in [1.29, 1.82) is 0 Å². The summed E-state index contributed by atoms with van der Waals surface area (Å²) < 4.78 is 46.2. The number of benzene rings is 2. The van der Waals surface area contributed by atoms with Crippen molar-refractivity contribution in [3.63, 3.8) is 0 Å². The number of anilines is 1. The average Bonchev–Trinajstić information content (AvgIpc) is 2.69. The molecule has 2 heterocycles. The molecule has 1 aromatic heterocycles. The predicted molar refractivity (Wildman–Crippen MR) is 106 cm³/mol. The van der Waals surface area contributed by atoms with Crippen molar-refractivity contribution in [2.45, 2.75) is 16.7 Å². The lowest BCUT2D eigenvalue weighted by molar-refractivity contribution is 0.122. The van der Waals surface area contributed by atoms with E-state index in [-0.39, 0.29) is 9.79 Å². The Kier molecular flexibility index (Phi) is 4.99. The standard InChI is InChI=1S/C20H18ClFN2O3S/c1-13-2-4-15(11-17(13)22)28(25,26)19-12-23-18-10-14(21)3-5-16(18)20(19)24-6-8-27-9-7-24/h2-5,10-12H,6-9H2,1H3. The quantitative estimate of drug-likeness (QED) is 0.640. The number of aryl methyl sites for hydroxylation is 1. The molecule has 1 aliphatic heterocycles. The molecule has 146 valence electrons. The topological polar surface area (TPSA) is 59.5 Å². The van der Waals surface area contributed by atoms with Gasteiger partial charge in [0.05, 0.1) is 29.3 Å². The first kappa shape index (κ1) is 19.1. The molecule has 0 unspecified atom stereocenters. The smallest absolute Gasteiger partial charge is 0.210 e. The molecule has 0 saturated carbocycles. The number of hydrogen-bond donors (Lipinski definition) is 0. The van der Waals surface area contributed by atoms with Gasteiger partial charge in [0.25, 0.3) is 0 Å². The molecule has 0 amide bonds. The van der Waals surface area contributed by atoms with Crippen LogP contribution in [0, 0.1) is 12.7 Å². The van der Waals surface area contributed by atoms with Crippen molar-refractivity contribution in [1.82, 2.24) is 4.98 Å². The summed E-state index contributed by atoms with van der Waals surface area (Å²) >= 11 is 6.08.